The van der Waals surface area contributed by atoms with Gasteiger partial charge in [0.1, 0.15) is 6.04 Å². The topological polar surface area (TPSA) is 45.6 Å². The van der Waals surface area contributed by atoms with Crippen LogP contribution in [0.15, 0.2) is 24.5 Å². The summed E-state index contributed by atoms with van der Waals surface area (Å²) in [5.74, 6) is 1.21. The molecule has 0 radical (unpaired) electrons. The Kier molecular flexibility index (Phi) is 5.18. The van der Waals surface area contributed by atoms with E-state index in [1.54, 1.807) is 0 Å². The lowest BCUT2D eigenvalue weighted by Gasteiger charge is -2.32. The molecule has 1 aromatic heterocycles. The fourth-order valence-corrected chi connectivity index (χ4v) is 4.19. The van der Waals surface area contributed by atoms with E-state index in [0.29, 0.717) is 30.8 Å². The highest BCUT2D eigenvalue weighted by atomic mass is 16.2. The van der Waals surface area contributed by atoms with Gasteiger partial charge in [-0.05, 0) is 49.7 Å². The quantitative estimate of drug-likeness (QED) is 0.829. The Labute approximate surface area is 157 Å². The monoisotopic (exact) mass is 359 g/mol. The molecule has 5 nitrogen and oxygen atoms in total. The van der Waals surface area contributed by atoms with E-state index in [1.807, 2.05) is 45.8 Å². The summed E-state index contributed by atoms with van der Waals surface area (Å²) in [6.45, 7) is 12.7. The molecule has 1 saturated heterocycles. The van der Waals surface area contributed by atoms with Crippen molar-refractivity contribution in [2.24, 2.45) is 17.3 Å². The van der Waals surface area contributed by atoms with Crippen LogP contribution in [0.2, 0.25) is 0 Å². The van der Waals surface area contributed by atoms with Gasteiger partial charge in [0.2, 0.25) is 11.8 Å². The number of carbonyl (C=O) groups is 2. The third-order valence-corrected chi connectivity index (χ3v) is 6.26. The normalized spacial score (nSPS) is 29.2. The van der Waals surface area contributed by atoms with E-state index in [1.165, 1.54) is 0 Å². The number of rotatable bonds is 4. The molecule has 0 bridgehead atoms. The molecule has 1 aliphatic carbocycles. The van der Waals surface area contributed by atoms with Gasteiger partial charge in [0.05, 0.1) is 0 Å². The van der Waals surface area contributed by atoms with Crippen LogP contribution in [-0.4, -0.2) is 51.9 Å². The first kappa shape index (κ1) is 19.0. The van der Waals surface area contributed by atoms with Crippen LogP contribution in [0.1, 0.15) is 53.5 Å². The first-order valence-electron chi connectivity index (χ1n) is 9.89. The molecule has 26 heavy (non-hydrogen) atoms. The van der Waals surface area contributed by atoms with Gasteiger partial charge < -0.3 is 14.4 Å². The zero-order chi connectivity index (χ0) is 19.1. The van der Waals surface area contributed by atoms with Crippen LogP contribution in [0, 0.1) is 17.3 Å². The minimum Gasteiger partial charge on any atom is -0.342 e. The summed E-state index contributed by atoms with van der Waals surface area (Å²) in [6.07, 6.45) is 5.67. The lowest BCUT2D eigenvalue weighted by atomic mass is 10.1. The van der Waals surface area contributed by atoms with E-state index >= 15 is 0 Å². The summed E-state index contributed by atoms with van der Waals surface area (Å²) in [6, 6.07) is 3.71. The third-order valence-electron chi connectivity index (χ3n) is 6.26. The minimum atomic E-state index is -0.214. The van der Waals surface area contributed by atoms with Crippen molar-refractivity contribution in [3.05, 3.63) is 24.5 Å². The lowest BCUT2D eigenvalue weighted by molar-refractivity contribution is -0.138. The van der Waals surface area contributed by atoms with Crippen molar-refractivity contribution in [1.82, 2.24) is 14.4 Å². The number of aromatic nitrogens is 1. The molecule has 1 aromatic rings. The smallest absolute Gasteiger partial charge is 0.245 e. The Hall–Kier alpha value is -1.78. The van der Waals surface area contributed by atoms with Crippen molar-refractivity contribution in [2.75, 3.05) is 19.6 Å². The molecule has 1 aliphatic heterocycles. The summed E-state index contributed by atoms with van der Waals surface area (Å²) in [5.41, 5.74) is 0.326. The van der Waals surface area contributed by atoms with Gasteiger partial charge in [-0.2, -0.15) is 0 Å². The molecule has 2 fully saturated rings. The molecular formula is C21H33N3O2. The minimum absolute atomic E-state index is 0.0432. The average molecular weight is 360 g/mol. The Bertz CT molecular complexity index is 652. The van der Waals surface area contributed by atoms with Crippen LogP contribution >= 0.6 is 0 Å². The predicted molar refractivity (Wildman–Crippen MR) is 103 cm³/mol. The zero-order valence-electron chi connectivity index (χ0n) is 16.8. The second kappa shape index (κ2) is 7.09. The number of nitrogens with zero attached hydrogens (tertiary/aromatic N) is 3. The van der Waals surface area contributed by atoms with Crippen molar-refractivity contribution in [1.29, 1.82) is 0 Å². The highest BCUT2D eigenvalue weighted by Gasteiger charge is 2.47. The molecule has 3 rings (SSSR count). The maximum atomic E-state index is 13.1. The molecule has 2 aliphatic rings. The molecule has 5 heteroatoms. The van der Waals surface area contributed by atoms with Crippen LogP contribution in [0.4, 0.5) is 0 Å². The largest absolute Gasteiger partial charge is 0.342 e. The van der Waals surface area contributed by atoms with E-state index in [0.717, 1.165) is 13.0 Å². The van der Waals surface area contributed by atoms with Crippen LogP contribution in [-0.2, 0) is 9.59 Å². The van der Waals surface area contributed by atoms with Gasteiger partial charge in [0.25, 0.3) is 0 Å². The van der Waals surface area contributed by atoms with Crippen molar-refractivity contribution < 1.29 is 9.59 Å². The van der Waals surface area contributed by atoms with Crippen LogP contribution < -0.4 is 0 Å². The molecule has 0 aromatic carbocycles. The number of carbonyl (C=O) groups excluding carboxylic acids is 2. The van der Waals surface area contributed by atoms with Gasteiger partial charge in [0, 0.05) is 44.5 Å². The molecule has 4 unspecified atom stereocenters. The number of hydrogen-bond acceptors (Lipinski definition) is 2. The van der Waals surface area contributed by atoms with Gasteiger partial charge >= 0.3 is 0 Å². The van der Waals surface area contributed by atoms with Crippen molar-refractivity contribution >= 4 is 11.8 Å². The van der Waals surface area contributed by atoms with Crippen molar-refractivity contribution in [3.63, 3.8) is 0 Å². The fourth-order valence-electron chi connectivity index (χ4n) is 4.19. The molecule has 0 N–H and O–H groups in total. The van der Waals surface area contributed by atoms with Gasteiger partial charge in [-0.3, -0.25) is 9.59 Å². The van der Waals surface area contributed by atoms with E-state index in [9.17, 15) is 9.59 Å². The maximum Gasteiger partial charge on any atom is 0.245 e. The molecule has 2 amide bonds. The summed E-state index contributed by atoms with van der Waals surface area (Å²) in [7, 11) is 0. The first-order chi connectivity index (χ1) is 12.2. The summed E-state index contributed by atoms with van der Waals surface area (Å²) in [5, 5.41) is 0. The number of amides is 2. The van der Waals surface area contributed by atoms with Crippen LogP contribution in [0.5, 0.6) is 0 Å². The van der Waals surface area contributed by atoms with Crippen LogP contribution in [0.25, 0.3) is 0 Å². The second-order valence-electron chi connectivity index (χ2n) is 9.14. The Morgan fingerprint density at radius 1 is 1.12 bits per heavy atom. The predicted octanol–water partition coefficient (Wildman–Crippen LogP) is 3.18. The number of hydrogen-bond donors (Lipinski definition) is 0. The molecular weight excluding hydrogens is 326 g/mol. The van der Waals surface area contributed by atoms with Gasteiger partial charge in [-0.25, -0.2) is 0 Å². The van der Waals surface area contributed by atoms with Crippen molar-refractivity contribution in [2.45, 2.75) is 59.5 Å². The lowest BCUT2D eigenvalue weighted by Crippen LogP contribution is -2.46. The van der Waals surface area contributed by atoms with Gasteiger partial charge in [-0.15, -0.1) is 0 Å². The first-order valence-corrected chi connectivity index (χ1v) is 9.89. The molecule has 2 heterocycles. The zero-order valence-corrected chi connectivity index (χ0v) is 16.8. The summed E-state index contributed by atoms with van der Waals surface area (Å²) >= 11 is 0. The Balaban J connectivity index is 1.65. The highest BCUT2D eigenvalue weighted by molar-refractivity contribution is 5.81. The van der Waals surface area contributed by atoms with E-state index < -0.39 is 0 Å². The SMILES string of the molecule is CC1CN(C(=O)CC2CC2(C)C)CC(C)N(C(=O)C(C)n2cccc2)C1. The van der Waals surface area contributed by atoms with E-state index in [4.69, 9.17) is 0 Å². The van der Waals surface area contributed by atoms with Crippen molar-refractivity contribution in [3.8, 4) is 0 Å². The standard InChI is InChI=1S/C21H33N3O2/c1-15-12-23(19(25)10-18-11-21(18,4)5)14-16(2)24(13-15)20(26)17(3)22-8-6-7-9-22/h6-9,15-18H,10-14H2,1-5H3. The molecule has 4 atom stereocenters. The van der Waals surface area contributed by atoms with Gasteiger partial charge in [0.15, 0.2) is 0 Å². The second-order valence-corrected chi connectivity index (χ2v) is 9.14. The van der Waals surface area contributed by atoms with Crippen LogP contribution in [0.3, 0.4) is 0 Å². The Morgan fingerprint density at radius 2 is 1.73 bits per heavy atom. The molecule has 1 saturated carbocycles. The Morgan fingerprint density at radius 3 is 2.31 bits per heavy atom. The highest BCUT2D eigenvalue weighted by Crippen LogP contribution is 2.53. The fraction of sp³-hybridized carbons (Fsp3) is 0.714. The maximum absolute atomic E-state index is 13.1. The third kappa shape index (κ3) is 3.97. The average Bonchev–Trinajstić information content (AvgIpc) is 2.99. The van der Waals surface area contributed by atoms with Gasteiger partial charge in [-0.1, -0.05) is 20.8 Å². The van der Waals surface area contributed by atoms with E-state index in [2.05, 4.69) is 27.7 Å². The molecule has 0 spiro atoms. The van der Waals surface area contributed by atoms with E-state index in [-0.39, 0.29) is 29.8 Å². The summed E-state index contributed by atoms with van der Waals surface area (Å²) < 4.78 is 1.95. The summed E-state index contributed by atoms with van der Waals surface area (Å²) in [4.78, 5) is 29.8. The molecule has 144 valence electrons.